The van der Waals surface area contributed by atoms with Crippen LogP contribution >= 0.6 is 22.9 Å². The topological polar surface area (TPSA) is 66.0 Å². The highest BCUT2D eigenvalue weighted by molar-refractivity contribution is 7.09. The van der Waals surface area contributed by atoms with Crippen LogP contribution in [0, 0.1) is 12.3 Å². The summed E-state index contributed by atoms with van der Waals surface area (Å²) < 4.78 is 0. The number of nitrogens with one attached hydrogen (secondary N) is 1. The molecule has 100 valence electrons. The maximum atomic E-state index is 7.64. The number of nitrogens with zero attached hydrogens (tertiary/aromatic N) is 2. The van der Waals surface area contributed by atoms with E-state index in [1.807, 2.05) is 30.4 Å². The van der Waals surface area contributed by atoms with Crippen molar-refractivity contribution < 1.29 is 0 Å². The molecule has 0 fully saturated rings. The van der Waals surface area contributed by atoms with E-state index in [9.17, 15) is 0 Å². The molecule has 0 bridgehead atoms. The standard InChI is InChI=1S/C13H15ClN4S/c1-8-12(19-7-17-8)6-18(2)11-4-3-9(14)5-10(11)13(15)16/h3-5,7H,6H2,1-2H3,(H3,15,16). The predicted molar refractivity (Wildman–Crippen MR) is 81.4 cm³/mol. The summed E-state index contributed by atoms with van der Waals surface area (Å²) in [5.41, 5.74) is 10.0. The highest BCUT2D eigenvalue weighted by Crippen LogP contribution is 2.25. The molecule has 6 heteroatoms. The fourth-order valence-corrected chi connectivity index (χ4v) is 2.84. The Morgan fingerprint density at radius 1 is 1.53 bits per heavy atom. The molecule has 19 heavy (non-hydrogen) atoms. The zero-order chi connectivity index (χ0) is 14.0. The molecule has 0 saturated carbocycles. The molecule has 0 unspecified atom stereocenters. The van der Waals surface area contributed by atoms with Crippen LogP contribution in [-0.2, 0) is 6.54 Å². The average Bonchev–Trinajstić information content (AvgIpc) is 2.74. The molecule has 4 nitrogen and oxygen atoms in total. The lowest BCUT2D eigenvalue weighted by Crippen LogP contribution is -2.22. The number of nitrogens with two attached hydrogens (primary N) is 1. The van der Waals surface area contributed by atoms with Crippen LogP contribution in [0.25, 0.3) is 0 Å². The number of halogens is 1. The van der Waals surface area contributed by atoms with Crippen molar-refractivity contribution >= 4 is 34.5 Å². The number of hydrogen-bond donors (Lipinski definition) is 2. The molecule has 1 heterocycles. The van der Waals surface area contributed by atoms with Gasteiger partial charge in [0, 0.05) is 28.2 Å². The number of anilines is 1. The molecule has 1 aromatic heterocycles. The van der Waals surface area contributed by atoms with Crippen molar-refractivity contribution in [2.45, 2.75) is 13.5 Å². The van der Waals surface area contributed by atoms with E-state index in [0.717, 1.165) is 17.9 Å². The van der Waals surface area contributed by atoms with E-state index in [0.29, 0.717) is 10.6 Å². The number of rotatable bonds is 4. The molecule has 1 aromatic carbocycles. The van der Waals surface area contributed by atoms with Crippen LogP contribution in [0.15, 0.2) is 23.7 Å². The molecular formula is C13H15ClN4S. The Kier molecular flexibility index (Phi) is 4.07. The molecule has 0 saturated heterocycles. The Bertz CT molecular complexity index is 608. The monoisotopic (exact) mass is 294 g/mol. The van der Waals surface area contributed by atoms with Crippen molar-refractivity contribution in [3.63, 3.8) is 0 Å². The van der Waals surface area contributed by atoms with Gasteiger partial charge in [0.2, 0.25) is 0 Å². The van der Waals surface area contributed by atoms with Gasteiger partial charge in [-0.05, 0) is 25.1 Å². The van der Waals surface area contributed by atoms with Crippen molar-refractivity contribution in [3.8, 4) is 0 Å². The Labute approximate surface area is 121 Å². The summed E-state index contributed by atoms with van der Waals surface area (Å²) in [6, 6.07) is 5.41. The van der Waals surface area contributed by atoms with Crippen molar-refractivity contribution in [1.29, 1.82) is 5.41 Å². The first-order chi connectivity index (χ1) is 8.99. The van der Waals surface area contributed by atoms with Gasteiger partial charge in [-0.3, -0.25) is 5.41 Å². The van der Waals surface area contributed by atoms with Crippen molar-refractivity contribution in [3.05, 3.63) is 44.9 Å². The predicted octanol–water partition coefficient (Wildman–Crippen LogP) is 3.03. The van der Waals surface area contributed by atoms with Gasteiger partial charge < -0.3 is 10.6 Å². The van der Waals surface area contributed by atoms with Crippen LogP contribution < -0.4 is 10.6 Å². The fraction of sp³-hybridized carbons (Fsp3) is 0.231. The van der Waals surface area contributed by atoms with Crippen LogP contribution in [0.3, 0.4) is 0 Å². The zero-order valence-electron chi connectivity index (χ0n) is 10.8. The SMILES string of the molecule is Cc1ncsc1CN(C)c1ccc(Cl)cc1C(=N)N. The van der Waals surface area contributed by atoms with E-state index >= 15 is 0 Å². The van der Waals surface area contributed by atoms with Gasteiger partial charge in [-0.2, -0.15) is 0 Å². The Balaban J connectivity index is 2.31. The summed E-state index contributed by atoms with van der Waals surface area (Å²) in [5.74, 6) is 0.0189. The van der Waals surface area contributed by atoms with E-state index in [2.05, 4.69) is 4.98 Å². The number of nitrogen functional groups attached to an aromatic ring is 1. The van der Waals surface area contributed by atoms with Crippen LogP contribution in [0.5, 0.6) is 0 Å². The summed E-state index contributed by atoms with van der Waals surface area (Å²) >= 11 is 7.58. The number of aromatic nitrogens is 1. The number of aryl methyl sites for hydroxylation is 1. The number of hydrogen-bond acceptors (Lipinski definition) is 4. The first-order valence-corrected chi connectivity index (χ1v) is 6.99. The lowest BCUT2D eigenvalue weighted by molar-refractivity contribution is 0.924. The van der Waals surface area contributed by atoms with Crippen molar-refractivity contribution in [1.82, 2.24) is 4.98 Å². The van der Waals surface area contributed by atoms with Crippen LogP contribution in [-0.4, -0.2) is 17.9 Å². The van der Waals surface area contributed by atoms with Gasteiger partial charge in [-0.15, -0.1) is 11.3 Å². The molecule has 2 rings (SSSR count). The van der Waals surface area contributed by atoms with Gasteiger partial charge in [-0.1, -0.05) is 11.6 Å². The Morgan fingerprint density at radius 2 is 2.26 bits per heavy atom. The minimum Gasteiger partial charge on any atom is -0.384 e. The second kappa shape index (κ2) is 5.59. The minimum atomic E-state index is 0.0189. The Morgan fingerprint density at radius 3 is 2.84 bits per heavy atom. The van der Waals surface area contributed by atoms with E-state index in [4.69, 9.17) is 22.7 Å². The summed E-state index contributed by atoms with van der Waals surface area (Å²) in [4.78, 5) is 7.49. The van der Waals surface area contributed by atoms with Crippen molar-refractivity contribution in [2.75, 3.05) is 11.9 Å². The summed E-state index contributed by atoms with van der Waals surface area (Å²) in [5, 5.41) is 8.22. The summed E-state index contributed by atoms with van der Waals surface area (Å²) in [6.45, 7) is 2.73. The second-order valence-corrected chi connectivity index (χ2v) is 5.67. The van der Waals surface area contributed by atoms with E-state index in [1.165, 1.54) is 4.88 Å². The molecule has 0 aliphatic heterocycles. The second-order valence-electron chi connectivity index (χ2n) is 4.29. The quantitative estimate of drug-likeness (QED) is 0.673. The normalized spacial score (nSPS) is 10.5. The largest absolute Gasteiger partial charge is 0.384 e. The van der Waals surface area contributed by atoms with Crippen molar-refractivity contribution in [2.24, 2.45) is 5.73 Å². The van der Waals surface area contributed by atoms with E-state index < -0.39 is 0 Å². The number of benzene rings is 1. The van der Waals surface area contributed by atoms with Crippen LogP contribution in [0.1, 0.15) is 16.1 Å². The van der Waals surface area contributed by atoms with E-state index in [-0.39, 0.29) is 5.84 Å². The minimum absolute atomic E-state index is 0.0189. The molecule has 0 amide bonds. The smallest absolute Gasteiger partial charge is 0.124 e. The molecule has 0 aliphatic carbocycles. The zero-order valence-corrected chi connectivity index (χ0v) is 12.3. The van der Waals surface area contributed by atoms with Gasteiger partial charge >= 0.3 is 0 Å². The van der Waals surface area contributed by atoms with Gasteiger partial charge in [0.1, 0.15) is 5.84 Å². The molecule has 2 aromatic rings. The maximum absolute atomic E-state index is 7.64. The average molecular weight is 295 g/mol. The number of amidine groups is 1. The summed E-state index contributed by atoms with van der Waals surface area (Å²) in [6.07, 6.45) is 0. The van der Waals surface area contributed by atoms with Crippen LogP contribution in [0.2, 0.25) is 5.02 Å². The first kappa shape index (κ1) is 13.8. The third-order valence-corrected chi connectivity index (χ3v) is 4.04. The highest BCUT2D eigenvalue weighted by atomic mass is 35.5. The lowest BCUT2D eigenvalue weighted by atomic mass is 10.1. The van der Waals surface area contributed by atoms with Crippen LogP contribution in [0.4, 0.5) is 5.69 Å². The van der Waals surface area contributed by atoms with Gasteiger partial charge in [-0.25, -0.2) is 4.98 Å². The third kappa shape index (κ3) is 3.05. The molecule has 0 aliphatic rings. The molecule has 0 spiro atoms. The third-order valence-electron chi connectivity index (χ3n) is 2.89. The number of thiazole rings is 1. The lowest BCUT2D eigenvalue weighted by Gasteiger charge is -2.22. The maximum Gasteiger partial charge on any atom is 0.124 e. The van der Waals surface area contributed by atoms with Gasteiger partial charge in [0.05, 0.1) is 17.7 Å². The van der Waals surface area contributed by atoms with Gasteiger partial charge in [0.25, 0.3) is 0 Å². The molecule has 0 atom stereocenters. The first-order valence-electron chi connectivity index (χ1n) is 5.73. The van der Waals surface area contributed by atoms with Gasteiger partial charge in [0.15, 0.2) is 0 Å². The molecule has 0 radical (unpaired) electrons. The van der Waals surface area contributed by atoms with E-state index in [1.54, 1.807) is 23.5 Å². The molecular weight excluding hydrogens is 280 g/mol. The molecule has 3 N–H and O–H groups in total. The highest BCUT2D eigenvalue weighted by Gasteiger charge is 2.12. The summed E-state index contributed by atoms with van der Waals surface area (Å²) in [7, 11) is 1.97. The Hall–Kier alpha value is -1.59. The fourth-order valence-electron chi connectivity index (χ4n) is 1.84.